The minimum atomic E-state index is -2.20. The molecule has 8 heterocycles. The van der Waals surface area contributed by atoms with Gasteiger partial charge in [-0.15, -0.1) is 56.7 Å². The predicted octanol–water partition coefficient (Wildman–Crippen LogP) is 1.32. The van der Waals surface area contributed by atoms with E-state index in [1.165, 1.54) is 60.8 Å². The number of pyridine rings is 1. The van der Waals surface area contributed by atoms with Gasteiger partial charge in [0.1, 0.15) is 106 Å². The number of carboxylic acids is 1. The molecule has 6 aromatic heterocycles. The van der Waals surface area contributed by atoms with Crippen LogP contribution in [-0.4, -0.2) is 183 Å². The van der Waals surface area contributed by atoms with Crippen LogP contribution in [0.15, 0.2) is 51.0 Å². The Kier molecular flexibility index (Phi) is 19.1. The van der Waals surface area contributed by atoms with Crippen molar-refractivity contribution in [2.24, 2.45) is 5.73 Å². The number of aromatic hydroxyl groups is 1. The topological polar surface area (TPSA) is 435 Å². The number of allylic oxidation sites excluding steroid dienone is 1. The number of aromatic nitrogens is 6. The summed E-state index contributed by atoms with van der Waals surface area (Å²) >= 11 is 4.34. The maximum absolute atomic E-state index is 14.3. The summed E-state index contributed by atoms with van der Waals surface area (Å²) in [5, 5.41) is 86.5. The van der Waals surface area contributed by atoms with Crippen molar-refractivity contribution in [2.45, 2.75) is 94.6 Å². The summed E-state index contributed by atoms with van der Waals surface area (Å²) in [5.74, 6) is -7.80. The van der Waals surface area contributed by atoms with Gasteiger partial charge < -0.3 is 82.1 Å². The van der Waals surface area contributed by atoms with Crippen LogP contribution in [0.2, 0.25) is 0 Å². The molecule has 446 valence electrons. The molecule has 10 atom stereocenters. The van der Waals surface area contributed by atoms with Crippen molar-refractivity contribution in [3.8, 4) is 38.4 Å². The number of aliphatic hydroxyl groups is 4. The summed E-state index contributed by atoms with van der Waals surface area (Å²) < 4.78 is 17.4. The Bertz CT molecular complexity index is 3570. The van der Waals surface area contributed by atoms with Gasteiger partial charge in [-0.1, -0.05) is 6.58 Å². The molecule has 0 unspecified atom stereocenters. The van der Waals surface area contributed by atoms with Crippen molar-refractivity contribution in [3.63, 3.8) is 0 Å². The average Bonchev–Trinajstić information content (AvgIpc) is 2.66. The molecule has 13 N–H and O–H groups in total. The third-order valence-corrected chi connectivity index (χ3v) is 17.5. The maximum Gasteiger partial charge on any atom is 0.335 e. The second-order valence-electron chi connectivity index (χ2n) is 19.4. The summed E-state index contributed by atoms with van der Waals surface area (Å²) in [4.78, 5) is 123. The molecule has 1 saturated heterocycles. The van der Waals surface area contributed by atoms with Gasteiger partial charge in [-0.05, 0) is 47.9 Å². The van der Waals surface area contributed by atoms with Crippen molar-refractivity contribution in [1.29, 1.82) is 0 Å². The van der Waals surface area contributed by atoms with E-state index in [0.717, 1.165) is 56.7 Å². The lowest BCUT2D eigenvalue weighted by atomic mass is 9.85. The van der Waals surface area contributed by atoms with Crippen LogP contribution in [-0.2, 0) is 28.6 Å². The fraction of sp³-hybridized carbons (Fsp3) is 0.380. The van der Waals surface area contributed by atoms with Crippen LogP contribution in [0.5, 0.6) is 5.75 Å². The highest BCUT2D eigenvalue weighted by Crippen LogP contribution is 2.41. The number of rotatable bonds is 13. The molecule has 1 fully saturated rings. The molecule has 8 bridgehead atoms. The largest absolute Gasteiger partial charge is 0.506 e. The molecule has 2 aliphatic rings. The summed E-state index contributed by atoms with van der Waals surface area (Å²) in [6.07, 6.45) is -8.27. The Morgan fingerprint density at radius 3 is 2.06 bits per heavy atom. The number of nitrogens with one attached hydrogen (secondary N) is 5. The van der Waals surface area contributed by atoms with E-state index in [4.69, 9.17) is 29.9 Å². The zero-order valence-electron chi connectivity index (χ0n) is 45.3. The molecule has 2 aliphatic heterocycles. The molecule has 0 aliphatic carbocycles. The number of methoxy groups -OCH3 is 1. The Balaban J connectivity index is 1.21. The van der Waals surface area contributed by atoms with Crippen molar-refractivity contribution in [2.75, 3.05) is 27.8 Å². The van der Waals surface area contributed by atoms with Crippen LogP contribution < -0.4 is 32.3 Å². The first-order valence-corrected chi connectivity index (χ1v) is 29.3. The fourth-order valence-corrected chi connectivity index (χ4v) is 13.2. The van der Waals surface area contributed by atoms with Crippen LogP contribution in [0.1, 0.15) is 103 Å². The lowest BCUT2D eigenvalue weighted by molar-refractivity contribution is -0.277. The summed E-state index contributed by atoms with van der Waals surface area (Å²) in [6, 6.07) is -4.01. The molecule has 29 nitrogen and oxygen atoms in total. The van der Waals surface area contributed by atoms with Gasteiger partial charge in [0.2, 0.25) is 5.91 Å². The zero-order valence-corrected chi connectivity index (χ0v) is 49.4. The normalized spacial score (nSPS) is 23.2. The maximum atomic E-state index is 14.3. The Labute approximate surface area is 496 Å². The van der Waals surface area contributed by atoms with Crippen LogP contribution in [0.3, 0.4) is 0 Å². The van der Waals surface area contributed by atoms with Crippen LogP contribution in [0.25, 0.3) is 38.4 Å². The first kappa shape index (κ1) is 62.4. The molecule has 0 aromatic carbocycles. The zero-order chi connectivity index (χ0) is 61.2. The molecular weight excluding hydrogens is 1200 g/mol. The number of likely N-dealkylation sites (N-methyl/N-ethyl adjacent to an activating group) is 1. The number of hydrogen-bond acceptors (Lipinski definition) is 27. The van der Waals surface area contributed by atoms with Crippen molar-refractivity contribution in [1.82, 2.24) is 61.4 Å². The number of nitrogens with zero attached hydrogens (tertiary/aromatic N) is 7. The Morgan fingerprint density at radius 2 is 1.44 bits per heavy atom. The molecule has 6 amide bonds. The highest BCUT2D eigenvalue weighted by molar-refractivity contribution is 7.14. The minimum Gasteiger partial charge on any atom is -0.506 e. The lowest BCUT2D eigenvalue weighted by Gasteiger charge is -2.47. The van der Waals surface area contributed by atoms with E-state index in [1.54, 1.807) is 25.9 Å². The molecule has 0 saturated carbocycles. The van der Waals surface area contributed by atoms with E-state index in [0.29, 0.717) is 0 Å². The molecule has 84 heavy (non-hydrogen) atoms. The Morgan fingerprint density at radius 1 is 0.857 bits per heavy atom. The van der Waals surface area contributed by atoms with Gasteiger partial charge in [0.15, 0.2) is 12.4 Å². The number of thiazole rings is 5. The number of carbonyl (C=O) groups is 7. The van der Waals surface area contributed by atoms with Gasteiger partial charge in [0.25, 0.3) is 29.5 Å². The first-order valence-electron chi connectivity index (χ1n) is 24.9. The number of nitrogens with two attached hydrogens (primary N) is 1. The van der Waals surface area contributed by atoms with Crippen LogP contribution in [0, 0.1) is 0 Å². The van der Waals surface area contributed by atoms with Gasteiger partial charge >= 0.3 is 5.97 Å². The van der Waals surface area contributed by atoms with Crippen molar-refractivity contribution >= 4 is 104 Å². The van der Waals surface area contributed by atoms with Crippen LogP contribution in [0.4, 0.5) is 0 Å². The second kappa shape index (κ2) is 25.7. The van der Waals surface area contributed by atoms with E-state index in [2.05, 4.69) is 53.1 Å². The third-order valence-electron chi connectivity index (χ3n) is 13.0. The quantitative estimate of drug-likeness (QED) is 0.0573. The van der Waals surface area contributed by atoms with E-state index in [9.17, 15) is 64.2 Å². The van der Waals surface area contributed by atoms with Gasteiger partial charge in [-0.2, -0.15) is 0 Å². The van der Waals surface area contributed by atoms with E-state index >= 15 is 0 Å². The standard InChI is InChI=1S/C50H55N13O16S5/c1-17(38(51)68)52-39(69)24-14-83-47(57-24)33-28(66)9-21-32(59-33)23-12-81-45(54-23)22(11-64)53-40(70)25-15-84-48(58-25)34(35(67)36(49(74)75)79-29-10-50(5,76)37(63(6)7)20(4)78-29)62-42(72)27-16-82-46(56-27)31(19(3)77-8)61-43(73)30(18(2)65)60-41(71)26-13-80-44(21)55-26/h9,12-16,18,20,22,29-30,34-37,64-67,76H,1,10-11H2,2-8H3,(H2,51,68)(H,52,69)(H,53,70)(H,60,71)(H,61,73)(H,62,72)(H,74,75)/b31-19+/t18-,20-,22+,29+,30+,34-,35-,36+,37-,50-/m0/s1. The number of amides is 6. The first-order chi connectivity index (χ1) is 39.7. The van der Waals surface area contributed by atoms with Crippen molar-refractivity contribution in [3.05, 3.63) is 88.8 Å². The monoisotopic (exact) mass is 1250 g/mol. The molecule has 6 aromatic rings. The van der Waals surface area contributed by atoms with E-state index in [-0.39, 0.29) is 88.3 Å². The van der Waals surface area contributed by atoms with Gasteiger partial charge in [-0.3, -0.25) is 28.8 Å². The molecule has 0 spiro atoms. The second-order valence-corrected chi connectivity index (χ2v) is 23.8. The summed E-state index contributed by atoms with van der Waals surface area (Å²) in [5.41, 5.74) is 2.15. The number of hydrogen-bond donors (Lipinski definition) is 12. The van der Waals surface area contributed by atoms with Gasteiger partial charge in [0.05, 0.1) is 43.3 Å². The molecular formula is C50H55N13O16S5. The Hall–Kier alpha value is -7.61. The van der Waals surface area contributed by atoms with E-state index in [1.807, 2.05) is 0 Å². The highest BCUT2D eigenvalue weighted by atomic mass is 32.1. The molecule has 34 heteroatoms. The number of aliphatic carboxylic acids is 1. The SMILES string of the molecule is C=C(NC(=O)c1csc(-c2nc3c(cc2O)-c2nc(cs2)C(=O)N[C@H]([C@H](C)O)C(=O)N/C(=C(\C)OC)c2nc(cs2)C(=O)N[C@@H]([C@H](O)[C@@H](O[C@@H]2C[C@](C)(O)[C@@H](N(C)C)[C@H](C)O2)C(=O)O)c2nc(cs2)C(=O)N[C@H](CO)c2nc-3cs2)n1)C(N)=O. The summed E-state index contributed by atoms with van der Waals surface area (Å²) in [7, 11) is 4.74. The van der Waals surface area contributed by atoms with Gasteiger partial charge in [-0.25, -0.2) is 34.7 Å². The molecule has 0 radical (unpaired) electrons. The van der Waals surface area contributed by atoms with Crippen LogP contribution >= 0.6 is 56.7 Å². The van der Waals surface area contributed by atoms with Crippen molar-refractivity contribution < 1.29 is 78.4 Å². The van der Waals surface area contributed by atoms with Gasteiger partial charge in [0, 0.05) is 38.9 Å². The number of fused-ring (bicyclic) bond motifs is 11. The third kappa shape index (κ3) is 13.5. The number of carbonyl (C=O) groups excluding carboxylic acids is 6. The number of ether oxygens (including phenoxy) is 3. The predicted molar refractivity (Wildman–Crippen MR) is 303 cm³/mol. The lowest BCUT2D eigenvalue weighted by Crippen LogP contribution is -2.61. The number of carboxylic acid groups (broad SMARTS) is 1. The minimum absolute atomic E-state index is 0.00547. The highest BCUT2D eigenvalue weighted by Gasteiger charge is 2.48. The summed E-state index contributed by atoms with van der Waals surface area (Å²) in [6.45, 7) is 8.55. The number of primary amides is 1. The van der Waals surface area contributed by atoms with E-state index < -0.39 is 120 Å². The smallest absolute Gasteiger partial charge is 0.335 e. The number of aliphatic hydroxyl groups excluding tert-OH is 3. The molecule has 8 rings (SSSR count). The fourth-order valence-electron chi connectivity index (χ4n) is 9.00. The average molecular weight is 1250 g/mol.